The molecule has 0 aromatic heterocycles. The summed E-state index contributed by atoms with van der Waals surface area (Å²) < 4.78 is 23.3. The van der Waals surface area contributed by atoms with E-state index in [0.29, 0.717) is 18.5 Å². The molecule has 0 atom stereocenters. The van der Waals surface area contributed by atoms with Crippen molar-refractivity contribution in [3.63, 3.8) is 0 Å². The number of sulfone groups is 1. The van der Waals surface area contributed by atoms with Crippen LogP contribution in [-0.4, -0.2) is 49.8 Å². The molecule has 118 valence electrons. The molecule has 21 heavy (non-hydrogen) atoms. The summed E-state index contributed by atoms with van der Waals surface area (Å²) in [4.78, 5) is 14.4. The van der Waals surface area contributed by atoms with Crippen LogP contribution in [0.15, 0.2) is 23.1 Å². The quantitative estimate of drug-likeness (QED) is 0.866. The maximum absolute atomic E-state index is 12.6. The average Bonchev–Trinajstić information content (AvgIpc) is 2.37. The highest BCUT2D eigenvalue weighted by Crippen LogP contribution is 2.18. The molecule has 0 spiro atoms. The summed E-state index contributed by atoms with van der Waals surface area (Å²) in [5.41, 5.74) is 1.13. The Labute approximate surface area is 126 Å². The van der Waals surface area contributed by atoms with Crippen molar-refractivity contribution >= 4 is 15.7 Å². The van der Waals surface area contributed by atoms with Crippen LogP contribution in [0.5, 0.6) is 0 Å². The summed E-state index contributed by atoms with van der Waals surface area (Å²) in [6.45, 7) is 6.02. The van der Waals surface area contributed by atoms with Gasteiger partial charge in [-0.2, -0.15) is 0 Å². The molecule has 0 saturated heterocycles. The molecular formula is C15H23NO4S. The number of hydrogen-bond donors (Lipinski definition) is 1. The van der Waals surface area contributed by atoms with E-state index in [1.807, 2.05) is 13.8 Å². The van der Waals surface area contributed by atoms with Crippen molar-refractivity contribution in [2.24, 2.45) is 0 Å². The van der Waals surface area contributed by atoms with Crippen molar-refractivity contribution in [3.8, 4) is 0 Å². The van der Waals surface area contributed by atoms with Gasteiger partial charge in [0, 0.05) is 31.0 Å². The summed E-state index contributed by atoms with van der Waals surface area (Å²) in [6, 6.07) is 4.56. The van der Waals surface area contributed by atoms with Gasteiger partial charge in [0.05, 0.1) is 4.90 Å². The lowest BCUT2D eigenvalue weighted by molar-refractivity contribution is 0.0692. The topological polar surface area (TPSA) is 74.7 Å². The van der Waals surface area contributed by atoms with Crippen LogP contribution in [0.1, 0.15) is 36.2 Å². The monoisotopic (exact) mass is 313 g/mol. The van der Waals surface area contributed by atoms with E-state index in [4.69, 9.17) is 5.11 Å². The highest BCUT2D eigenvalue weighted by atomic mass is 32.2. The Bertz CT molecular complexity index is 608. The molecule has 0 aliphatic rings. The molecule has 1 amide bonds. The van der Waals surface area contributed by atoms with Crippen LogP contribution < -0.4 is 0 Å². The molecule has 0 fully saturated rings. The highest BCUT2D eigenvalue weighted by Gasteiger charge is 2.21. The summed E-state index contributed by atoms with van der Waals surface area (Å²) >= 11 is 0. The fraction of sp³-hybridized carbons (Fsp3) is 0.533. The first-order valence-corrected chi connectivity index (χ1v) is 8.80. The van der Waals surface area contributed by atoms with Gasteiger partial charge in [-0.3, -0.25) is 4.79 Å². The first kappa shape index (κ1) is 17.7. The van der Waals surface area contributed by atoms with E-state index >= 15 is 0 Å². The number of carbonyl (C=O) groups is 1. The first-order chi connectivity index (χ1) is 9.68. The summed E-state index contributed by atoms with van der Waals surface area (Å²) in [6.07, 6.45) is 1.62. The Morgan fingerprint density at radius 3 is 2.43 bits per heavy atom. The van der Waals surface area contributed by atoms with Gasteiger partial charge in [-0.1, -0.05) is 6.07 Å². The Morgan fingerprint density at radius 2 is 1.95 bits per heavy atom. The van der Waals surface area contributed by atoms with E-state index in [9.17, 15) is 13.2 Å². The highest BCUT2D eigenvalue weighted by molar-refractivity contribution is 7.90. The van der Waals surface area contributed by atoms with Crippen LogP contribution in [0, 0.1) is 6.92 Å². The van der Waals surface area contributed by atoms with Crippen molar-refractivity contribution in [1.29, 1.82) is 0 Å². The van der Waals surface area contributed by atoms with E-state index in [-0.39, 0.29) is 23.5 Å². The summed E-state index contributed by atoms with van der Waals surface area (Å²) in [5, 5.41) is 8.94. The van der Waals surface area contributed by atoms with Crippen LogP contribution in [-0.2, 0) is 9.84 Å². The smallest absolute Gasteiger partial charge is 0.254 e. The molecule has 0 aliphatic carbocycles. The maximum Gasteiger partial charge on any atom is 0.254 e. The van der Waals surface area contributed by atoms with Gasteiger partial charge in [-0.05, 0) is 44.9 Å². The normalized spacial score (nSPS) is 11.7. The zero-order valence-electron chi connectivity index (χ0n) is 13.0. The third-order valence-electron chi connectivity index (χ3n) is 3.31. The van der Waals surface area contributed by atoms with Crippen molar-refractivity contribution in [3.05, 3.63) is 29.3 Å². The minimum Gasteiger partial charge on any atom is -0.396 e. The van der Waals surface area contributed by atoms with E-state index in [2.05, 4.69) is 0 Å². The molecule has 0 heterocycles. The Kier molecular flexibility index (Phi) is 5.92. The molecule has 1 aromatic carbocycles. The number of rotatable bonds is 6. The molecule has 0 aliphatic heterocycles. The van der Waals surface area contributed by atoms with Gasteiger partial charge < -0.3 is 10.0 Å². The SMILES string of the molecule is Cc1ccc(S(C)(=O)=O)cc1C(=O)N(CCCO)C(C)C. The molecule has 1 aromatic rings. The van der Waals surface area contributed by atoms with Crippen LogP contribution in [0.25, 0.3) is 0 Å². The third kappa shape index (κ3) is 4.54. The molecular weight excluding hydrogens is 290 g/mol. The number of hydrogen-bond acceptors (Lipinski definition) is 4. The number of aliphatic hydroxyl groups excluding tert-OH is 1. The van der Waals surface area contributed by atoms with Crippen LogP contribution >= 0.6 is 0 Å². The number of benzene rings is 1. The minimum absolute atomic E-state index is 0.0128. The van der Waals surface area contributed by atoms with Crippen molar-refractivity contribution in [2.75, 3.05) is 19.4 Å². The van der Waals surface area contributed by atoms with Gasteiger partial charge in [-0.25, -0.2) is 8.42 Å². The fourth-order valence-corrected chi connectivity index (χ4v) is 2.70. The van der Waals surface area contributed by atoms with Crippen LogP contribution in [0.4, 0.5) is 0 Å². The molecule has 0 radical (unpaired) electrons. The van der Waals surface area contributed by atoms with Crippen LogP contribution in [0.3, 0.4) is 0 Å². The lowest BCUT2D eigenvalue weighted by Crippen LogP contribution is -2.38. The molecule has 1 N–H and O–H groups in total. The second kappa shape index (κ2) is 7.04. The number of amides is 1. The van der Waals surface area contributed by atoms with E-state index in [0.717, 1.165) is 11.8 Å². The predicted molar refractivity (Wildman–Crippen MR) is 82.2 cm³/mol. The van der Waals surface area contributed by atoms with Gasteiger partial charge in [0.15, 0.2) is 9.84 Å². The number of aryl methyl sites for hydroxylation is 1. The third-order valence-corrected chi connectivity index (χ3v) is 4.42. The minimum atomic E-state index is -3.35. The van der Waals surface area contributed by atoms with Crippen molar-refractivity contribution in [1.82, 2.24) is 4.90 Å². The van der Waals surface area contributed by atoms with Crippen LogP contribution in [0.2, 0.25) is 0 Å². The average molecular weight is 313 g/mol. The van der Waals surface area contributed by atoms with Gasteiger partial charge in [0.25, 0.3) is 5.91 Å². The molecule has 0 bridgehead atoms. The maximum atomic E-state index is 12.6. The van der Waals surface area contributed by atoms with E-state index < -0.39 is 9.84 Å². The molecule has 1 rings (SSSR count). The Balaban J connectivity index is 3.21. The van der Waals surface area contributed by atoms with Gasteiger partial charge >= 0.3 is 0 Å². The van der Waals surface area contributed by atoms with Crippen molar-refractivity contribution < 1.29 is 18.3 Å². The number of nitrogens with zero attached hydrogens (tertiary/aromatic N) is 1. The summed E-state index contributed by atoms with van der Waals surface area (Å²) in [5.74, 6) is -0.207. The molecule has 6 heteroatoms. The lowest BCUT2D eigenvalue weighted by Gasteiger charge is -2.27. The standard InChI is InChI=1S/C15H23NO4S/c1-11(2)16(8-5-9-17)15(18)14-10-13(21(4,19)20)7-6-12(14)3/h6-7,10-11,17H,5,8-9H2,1-4H3. The number of aliphatic hydroxyl groups is 1. The van der Waals surface area contributed by atoms with Crippen molar-refractivity contribution in [2.45, 2.75) is 38.1 Å². The van der Waals surface area contributed by atoms with Gasteiger partial charge in [0.2, 0.25) is 0 Å². The Hall–Kier alpha value is -1.40. The number of carbonyl (C=O) groups excluding carboxylic acids is 1. The predicted octanol–water partition coefficient (Wildman–Crippen LogP) is 1.63. The van der Waals surface area contributed by atoms with E-state index in [1.165, 1.54) is 12.1 Å². The van der Waals surface area contributed by atoms with Gasteiger partial charge in [0.1, 0.15) is 0 Å². The summed E-state index contributed by atoms with van der Waals surface area (Å²) in [7, 11) is -3.35. The zero-order valence-corrected chi connectivity index (χ0v) is 13.8. The zero-order chi connectivity index (χ0) is 16.2. The Morgan fingerprint density at radius 1 is 1.33 bits per heavy atom. The lowest BCUT2D eigenvalue weighted by atomic mass is 10.1. The first-order valence-electron chi connectivity index (χ1n) is 6.91. The molecule has 0 saturated carbocycles. The van der Waals surface area contributed by atoms with Gasteiger partial charge in [-0.15, -0.1) is 0 Å². The molecule has 5 nitrogen and oxygen atoms in total. The largest absolute Gasteiger partial charge is 0.396 e. The second-order valence-corrected chi connectivity index (χ2v) is 7.43. The van der Waals surface area contributed by atoms with E-state index in [1.54, 1.807) is 17.9 Å². The molecule has 0 unspecified atom stereocenters. The fourth-order valence-electron chi connectivity index (χ4n) is 2.05. The second-order valence-electron chi connectivity index (χ2n) is 5.42.